The van der Waals surface area contributed by atoms with E-state index in [0.717, 1.165) is 17.7 Å². The van der Waals surface area contributed by atoms with E-state index >= 15 is 0 Å². The van der Waals surface area contributed by atoms with Gasteiger partial charge < -0.3 is 19.0 Å². The smallest absolute Gasteiger partial charge is 0.192 e. The van der Waals surface area contributed by atoms with Crippen molar-refractivity contribution >= 4 is 8.32 Å². The second-order valence-corrected chi connectivity index (χ2v) is 13.9. The molecule has 0 amide bonds. The van der Waals surface area contributed by atoms with Crippen molar-refractivity contribution in [3.8, 4) is 5.75 Å². The van der Waals surface area contributed by atoms with Gasteiger partial charge in [-0.1, -0.05) is 45.9 Å². The van der Waals surface area contributed by atoms with E-state index in [9.17, 15) is 5.11 Å². The quantitative estimate of drug-likeness (QED) is 0.295. The van der Waals surface area contributed by atoms with Gasteiger partial charge in [-0.05, 0) is 60.7 Å². The number of aliphatic hydroxyl groups is 1. The molecule has 0 aliphatic carbocycles. The van der Waals surface area contributed by atoms with Gasteiger partial charge in [-0.25, -0.2) is 0 Å². The molecule has 0 bridgehead atoms. The van der Waals surface area contributed by atoms with E-state index in [-0.39, 0.29) is 23.7 Å². The molecule has 1 aromatic rings. The van der Waals surface area contributed by atoms with Crippen LogP contribution in [0.1, 0.15) is 46.6 Å². The Bertz CT molecular complexity index is 602. The first-order valence-corrected chi connectivity index (χ1v) is 13.1. The predicted octanol–water partition coefficient (Wildman–Crippen LogP) is 5.57. The molecule has 2 atom stereocenters. The summed E-state index contributed by atoms with van der Waals surface area (Å²) >= 11 is 0. The summed E-state index contributed by atoms with van der Waals surface area (Å²) in [5.41, 5.74) is 2.31. The zero-order valence-electron chi connectivity index (χ0n) is 19.0. The van der Waals surface area contributed by atoms with Gasteiger partial charge in [-0.3, -0.25) is 0 Å². The van der Waals surface area contributed by atoms with Crippen molar-refractivity contribution in [3.63, 3.8) is 0 Å². The lowest BCUT2D eigenvalue weighted by Crippen LogP contribution is -2.44. The molecule has 1 N–H and O–H groups in total. The van der Waals surface area contributed by atoms with E-state index < -0.39 is 8.32 Å². The van der Waals surface area contributed by atoms with Crippen LogP contribution in [0, 0.1) is 5.92 Å². The normalized spacial score (nSPS) is 15.4. The standard InChI is InChI=1S/C23H40O4Si/c1-18(16-24)15-19(2)22(27-28(7,8)23(3,4)5)13-14-26-17-20-9-11-21(25-6)12-10-20/h9-12,15,18,22,24H,13-14,16-17H2,1-8H3/b19-15+/t18-,22-/m0/s1. The Kier molecular flexibility index (Phi) is 9.91. The number of ether oxygens (including phenoxy) is 2. The molecule has 0 saturated carbocycles. The third-order valence-electron chi connectivity index (χ3n) is 5.54. The van der Waals surface area contributed by atoms with Gasteiger partial charge in [-0.2, -0.15) is 0 Å². The van der Waals surface area contributed by atoms with Crippen molar-refractivity contribution < 1.29 is 19.0 Å². The van der Waals surface area contributed by atoms with Gasteiger partial charge in [0.15, 0.2) is 8.32 Å². The minimum absolute atomic E-state index is 0.0192. The van der Waals surface area contributed by atoms with Crippen LogP contribution in [0.3, 0.4) is 0 Å². The Morgan fingerprint density at radius 2 is 1.79 bits per heavy atom. The highest BCUT2D eigenvalue weighted by atomic mass is 28.4. The van der Waals surface area contributed by atoms with Gasteiger partial charge in [0.2, 0.25) is 0 Å². The fourth-order valence-corrected chi connectivity index (χ4v) is 3.99. The number of hydrogen-bond donors (Lipinski definition) is 1. The molecule has 0 unspecified atom stereocenters. The molecule has 160 valence electrons. The van der Waals surface area contributed by atoms with Crippen molar-refractivity contribution in [2.24, 2.45) is 5.92 Å². The number of methoxy groups -OCH3 is 1. The van der Waals surface area contributed by atoms with Crippen LogP contribution in [0.2, 0.25) is 18.1 Å². The van der Waals surface area contributed by atoms with Crippen molar-refractivity contribution in [1.29, 1.82) is 0 Å². The van der Waals surface area contributed by atoms with Gasteiger partial charge in [0, 0.05) is 13.2 Å². The topological polar surface area (TPSA) is 47.9 Å². The monoisotopic (exact) mass is 408 g/mol. The maximum Gasteiger partial charge on any atom is 0.192 e. The number of hydrogen-bond acceptors (Lipinski definition) is 4. The van der Waals surface area contributed by atoms with Gasteiger partial charge in [0.25, 0.3) is 0 Å². The Morgan fingerprint density at radius 1 is 1.18 bits per heavy atom. The lowest BCUT2D eigenvalue weighted by molar-refractivity contribution is 0.0876. The van der Waals surface area contributed by atoms with E-state index in [2.05, 4.69) is 46.9 Å². The lowest BCUT2D eigenvalue weighted by Gasteiger charge is -2.39. The molecule has 1 rings (SSSR count). The Balaban J connectivity index is 2.72. The van der Waals surface area contributed by atoms with Crippen LogP contribution in [0.15, 0.2) is 35.9 Å². The first-order valence-electron chi connectivity index (χ1n) is 10.2. The van der Waals surface area contributed by atoms with Gasteiger partial charge >= 0.3 is 0 Å². The Hall–Kier alpha value is -1.14. The van der Waals surface area contributed by atoms with Crippen molar-refractivity contribution in [2.45, 2.75) is 71.9 Å². The van der Waals surface area contributed by atoms with Crippen molar-refractivity contribution in [1.82, 2.24) is 0 Å². The SMILES string of the molecule is COc1ccc(COCC[C@H](O[Si](C)(C)C(C)(C)C)/C(C)=C/[C@H](C)CO)cc1. The molecular formula is C23H40O4Si. The molecule has 0 aromatic heterocycles. The summed E-state index contributed by atoms with van der Waals surface area (Å²) in [5, 5.41) is 9.55. The molecular weight excluding hydrogens is 368 g/mol. The van der Waals surface area contributed by atoms with Crippen LogP contribution in [0.5, 0.6) is 5.75 Å². The van der Waals surface area contributed by atoms with Crippen LogP contribution in [0.25, 0.3) is 0 Å². The fraction of sp³-hybridized carbons (Fsp3) is 0.652. The summed E-state index contributed by atoms with van der Waals surface area (Å²) in [6.07, 6.45) is 2.95. The summed E-state index contributed by atoms with van der Waals surface area (Å²) in [6.45, 7) is 16.8. The van der Waals surface area contributed by atoms with Gasteiger partial charge in [-0.15, -0.1) is 0 Å². The first kappa shape index (κ1) is 24.9. The largest absolute Gasteiger partial charge is 0.497 e. The van der Waals surface area contributed by atoms with Crippen molar-refractivity contribution in [3.05, 3.63) is 41.5 Å². The molecule has 0 aliphatic heterocycles. The number of benzene rings is 1. The number of aliphatic hydroxyl groups excluding tert-OH is 1. The van der Waals surface area contributed by atoms with Crippen LogP contribution >= 0.6 is 0 Å². The van der Waals surface area contributed by atoms with Crippen LogP contribution in [0.4, 0.5) is 0 Å². The second-order valence-electron chi connectivity index (χ2n) is 9.13. The molecule has 4 nitrogen and oxygen atoms in total. The predicted molar refractivity (Wildman–Crippen MR) is 119 cm³/mol. The molecule has 28 heavy (non-hydrogen) atoms. The average molecular weight is 409 g/mol. The summed E-state index contributed by atoms with van der Waals surface area (Å²) in [6, 6.07) is 7.95. The summed E-state index contributed by atoms with van der Waals surface area (Å²) in [4.78, 5) is 0. The zero-order valence-corrected chi connectivity index (χ0v) is 20.0. The van der Waals surface area contributed by atoms with Crippen LogP contribution < -0.4 is 4.74 Å². The minimum Gasteiger partial charge on any atom is -0.497 e. The third kappa shape index (κ3) is 8.07. The van der Waals surface area contributed by atoms with E-state index in [4.69, 9.17) is 13.9 Å². The van der Waals surface area contributed by atoms with Crippen LogP contribution in [-0.2, 0) is 15.8 Å². The second kappa shape index (κ2) is 11.1. The van der Waals surface area contributed by atoms with E-state index in [0.29, 0.717) is 13.2 Å². The average Bonchev–Trinajstić information content (AvgIpc) is 2.63. The van der Waals surface area contributed by atoms with E-state index in [1.165, 1.54) is 5.57 Å². The number of rotatable bonds is 11. The molecule has 0 heterocycles. The van der Waals surface area contributed by atoms with Gasteiger partial charge in [0.05, 0.1) is 19.8 Å². The molecule has 5 heteroatoms. The lowest BCUT2D eigenvalue weighted by atomic mass is 10.0. The summed E-state index contributed by atoms with van der Waals surface area (Å²) in [5.74, 6) is 0.982. The molecule has 0 aliphatic rings. The molecule has 0 spiro atoms. The minimum atomic E-state index is -1.90. The Morgan fingerprint density at radius 3 is 2.29 bits per heavy atom. The zero-order chi connectivity index (χ0) is 21.4. The third-order valence-corrected chi connectivity index (χ3v) is 10.0. The van der Waals surface area contributed by atoms with Crippen molar-refractivity contribution in [2.75, 3.05) is 20.3 Å². The van der Waals surface area contributed by atoms with Gasteiger partial charge in [0.1, 0.15) is 5.75 Å². The fourth-order valence-electron chi connectivity index (χ4n) is 2.62. The molecule has 1 aromatic carbocycles. The molecule has 0 radical (unpaired) electrons. The highest BCUT2D eigenvalue weighted by Gasteiger charge is 2.39. The first-order chi connectivity index (χ1) is 13.0. The maximum atomic E-state index is 9.39. The van der Waals surface area contributed by atoms with E-state index in [1.807, 2.05) is 31.2 Å². The van der Waals surface area contributed by atoms with Crippen LogP contribution in [-0.4, -0.2) is 39.9 Å². The maximum absolute atomic E-state index is 9.39. The molecule has 0 fully saturated rings. The summed E-state index contributed by atoms with van der Waals surface area (Å²) < 4.78 is 17.8. The van der Waals surface area contributed by atoms with E-state index in [1.54, 1.807) is 7.11 Å². The highest BCUT2D eigenvalue weighted by molar-refractivity contribution is 6.74. The Labute approximate surface area is 173 Å². The summed E-state index contributed by atoms with van der Waals surface area (Å²) in [7, 11) is -0.231. The highest BCUT2D eigenvalue weighted by Crippen LogP contribution is 2.38. The molecule has 0 saturated heterocycles.